The average molecular weight is 405 g/mol. The van der Waals surface area contributed by atoms with E-state index in [-0.39, 0.29) is 0 Å². The summed E-state index contributed by atoms with van der Waals surface area (Å²) >= 11 is 9.77. The summed E-state index contributed by atoms with van der Waals surface area (Å²) in [7, 11) is 0. The third-order valence-electron chi connectivity index (χ3n) is 2.86. The number of imidazole rings is 1. The molecule has 0 aliphatic carbocycles. The molecule has 2 aromatic heterocycles. The van der Waals surface area contributed by atoms with Gasteiger partial charge >= 0.3 is 0 Å². The van der Waals surface area contributed by atoms with Crippen molar-refractivity contribution < 1.29 is 5.11 Å². The maximum Gasteiger partial charge on any atom is 0.193 e. The minimum atomic E-state index is -0.588. The minimum Gasteiger partial charge on any atom is -0.388 e. The Labute approximate surface area is 133 Å². The lowest BCUT2D eigenvalue weighted by atomic mass is 10.1. The van der Waals surface area contributed by atoms with Crippen molar-refractivity contribution >= 4 is 50.5 Å². The number of nitrogens with zero attached hydrogens (tertiary/aromatic N) is 2. The molecule has 0 spiro atoms. The summed E-state index contributed by atoms with van der Waals surface area (Å²) in [5, 5.41) is 13.0. The van der Waals surface area contributed by atoms with Gasteiger partial charge in [-0.15, -0.1) is 11.3 Å². The van der Waals surface area contributed by atoms with Crippen molar-refractivity contribution in [2.24, 2.45) is 0 Å². The third kappa shape index (κ3) is 2.79. The molecule has 98 valence electrons. The first-order chi connectivity index (χ1) is 9.13. The first kappa shape index (κ1) is 13.4. The van der Waals surface area contributed by atoms with E-state index in [1.54, 1.807) is 11.3 Å². The molecule has 2 heterocycles. The van der Waals surface area contributed by atoms with E-state index in [2.05, 4.69) is 27.6 Å². The molecule has 3 nitrogen and oxygen atoms in total. The topological polar surface area (TPSA) is 37.5 Å². The van der Waals surface area contributed by atoms with Crippen molar-refractivity contribution in [3.05, 3.63) is 55.8 Å². The van der Waals surface area contributed by atoms with E-state index in [9.17, 15) is 5.11 Å². The normalized spacial score (nSPS) is 13.0. The quantitative estimate of drug-likeness (QED) is 0.672. The van der Waals surface area contributed by atoms with Crippen LogP contribution in [0.3, 0.4) is 0 Å². The van der Waals surface area contributed by atoms with Crippen molar-refractivity contribution in [3.8, 4) is 0 Å². The maximum absolute atomic E-state index is 10.3. The van der Waals surface area contributed by atoms with E-state index in [4.69, 9.17) is 11.6 Å². The van der Waals surface area contributed by atoms with Crippen molar-refractivity contribution in [3.63, 3.8) is 0 Å². The molecule has 0 aliphatic heterocycles. The van der Waals surface area contributed by atoms with Crippen LogP contribution in [-0.2, 0) is 6.42 Å². The third-order valence-corrected chi connectivity index (χ3v) is 4.85. The van der Waals surface area contributed by atoms with Crippen LogP contribution in [-0.4, -0.2) is 14.5 Å². The van der Waals surface area contributed by atoms with Gasteiger partial charge < -0.3 is 5.11 Å². The van der Waals surface area contributed by atoms with Gasteiger partial charge in [-0.1, -0.05) is 11.6 Å². The van der Waals surface area contributed by atoms with Crippen LogP contribution >= 0.6 is 45.5 Å². The van der Waals surface area contributed by atoms with Crippen LogP contribution in [0, 0.1) is 3.57 Å². The van der Waals surface area contributed by atoms with Crippen molar-refractivity contribution in [2.45, 2.75) is 12.5 Å². The van der Waals surface area contributed by atoms with Gasteiger partial charge in [0.25, 0.3) is 0 Å². The molecule has 0 amide bonds. The summed E-state index contributed by atoms with van der Waals surface area (Å²) in [5.74, 6) is 0. The summed E-state index contributed by atoms with van der Waals surface area (Å²) in [4.78, 5) is 5.42. The standard InChI is InChI=1S/C13H10ClIN2OS/c14-8-1-2-11(15)10(5-8)12(18)6-9-7-17-3-4-19-13(17)16-9/h1-5,7,12,18H,6H2. The zero-order valence-corrected chi connectivity index (χ0v) is 13.5. The maximum atomic E-state index is 10.3. The molecule has 19 heavy (non-hydrogen) atoms. The van der Waals surface area contributed by atoms with Crippen LogP contribution < -0.4 is 0 Å². The Balaban J connectivity index is 1.86. The van der Waals surface area contributed by atoms with Crippen LogP contribution in [0.2, 0.25) is 5.02 Å². The van der Waals surface area contributed by atoms with Gasteiger partial charge in [-0.3, -0.25) is 4.40 Å². The van der Waals surface area contributed by atoms with Gasteiger partial charge in [-0.05, 0) is 46.4 Å². The first-order valence-corrected chi connectivity index (χ1v) is 8.01. The zero-order valence-electron chi connectivity index (χ0n) is 9.75. The van der Waals surface area contributed by atoms with Gasteiger partial charge in [0.15, 0.2) is 4.96 Å². The van der Waals surface area contributed by atoms with Gasteiger partial charge in [0, 0.05) is 32.8 Å². The highest BCUT2D eigenvalue weighted by Gasteiger charge is 2.14. The van der Waals surface area contributed by atoms with E-state index in [0.717, 1.165) is 19.8 Å². The summed E-state index contributed by atoms with van der Waals surface area (Å²) in [6.45, 7) is 0. The van der Waals surface area contributed by atoms with Gasteiger partial charge in [-0.25, -0.2) is 4.98 Å². The van der Waals surface area contributed by atoms with Crippen molar-refractivity contribution in [1.29, 1.82) is 0 Å². The second-order valence-corrected chi connectivity index (χ2v) is 6.68. The number of benzene rings is 1. The molecule has 1 N–H and O–H groups in total. The van der Waals surface area contributed by atoms with E-state index in [1.807, 2.05) is 40.4 Å². The van der Waals surface area contributed by atoms with E-state index >= 15 is 0 Å². The lowest BCUT2D eigenvalue weighted by Gasteiger charge is -2.11. The monoisotopic (exact) mass is 404 g/mol. The Morgan fingerprint density at radius 2 is 2.32 bits per heavy atom. The molecule has 1 atom stereocenters. The van der Waals surface area contributed by atoms with E-state index in [0.29, 0.717) is 11.4 Å². The predicted molar refractivity (Wildman–Crippen MR) is 85.9 cm³/mol. The fourth-order valence-corrected chi connectivity index (χ4v) is 3.55. The largest absolute Gasteiger partial charge is 0.388 e. The number of aromatic nitrogens is 2. The number of halogens is 2. The lowest BCUT2D eigenvalue weighted by molar-refractivity contribution is 0.176. The molecule has 3 aromatic rings. The lowest BCUT2D eigenvalue weighted by Crippen LogP contribution is -2.04. The highest BCUT2D eigenvalue weighted by atomic mass is 127. The highest BCUT2D eigenvalue weighted by molar-refractivity contribution is 14.1. The van der Waals surface area contributed by atoms with Gasteiger partial charge in [0.2, 0.25) is 0 Å². The van der Waals surface area contributed by atoms with Gasteiger partial charge in [0.05, 0.1) is 11.8 Å². The molecule has 1 unspecified atom stereocenters. The number of hydrogen-bond acceptors (Lipinski definition) is 3. The second-order valence-electron chi connectivity index (χ2n) is 4.21. The molecule has 0 saturated carbocycles. The summed E-state index contributed by atoms with van der Waals surface area (Å²) < 4.78 is 2.98. The summed E-state index contributed by atoms with van der Waals surface area (Å²) in [5.41, 5.74) is 1.74. The number of fused-ring (bicyclic) bond motifs is 1. The molecule has 3 rings (SSSR count). The van der Waals surface area contributed by atoms with Crippen molar-refractivity contribution in [1.82, 2.24) is 9.38 Å². The Morgan fingerprint density at radius 3 is 3.11 bits per heavy atom. The number of thiazole rings is 1. The number of hydrogen-bond donors (Lipinski definition) is 1. The van der Waals surface area contributed by atoms with E-state index in [1.165, 1.54) is 0 Å². The molecule has 0 aliphatic rings. The van der Waals surface area contributed by atoms with Crippen LogP contribution in [0.15, 0.2) is 36.0 Å². The van der Waals surface area contributed by atoms with Crippen LogP contribution in [0.1, 0.15) is 17.4 Å². The SMILES string of the molecule is OC(Cc1cn2ccsc2n1)c1cc(Cl)ccc1I. The molecule has 0 bridgehead atoms. The molecule has 6 heteroatoms. The molecule has 1 aromatic carbocycles. The number of rotatable bonds is 3. The predicted octanol–water partition coefficient (Wildman–Crippen LogP) is 3.93. The molecular weight excluding hydrogens is 395 g/mol. The second kappa shape index (κ2) is 5.40. The average Bonchev–Trinajstić information content (AvgIpc) is 2.92. The summed E-state index contributed by atoms with van der Waals surface area (Å²) in [6.07, 6.45) is 3.82. The molecular formula is C13H10ClIN2OS. The zero-order chi connectivity index (χ0) is 13.4. The van der Waals surface area contributed by atoms with Crippen LogP contribution in [0.4, 0.5) is 0 Å². The smallest absolute Gasteiger partial charge is 0.193 e. The Hall–Kier alpha value is -0.630. The van der Waals surface area contributed by atoms with Crippen LogP contribution in [0.25, 0.3) is 4.96 Å². The Bertz CT molecular complexity index is 696. The van der Waals surface area contributed by atoms with Crippen LogP contribution in [0.5, 0.6) is 0 Å². The number of aliphatic hydroxyl groups excluding tert-OH is 1. The molecule has 0 fully saturated rings. The Kier molecular flexibility index (Phi) is 3.79. The Morgan fingerprint density at radius 1 is 1.47 bits per heavy atom. The van der Waals surface area contributed by atoms with Crippen molar-refractivity contribution in [2.75, 3.05) is 0 Å². The fourth-order valence-electron chi connectivity index (χ4n) is 1.95. The highest BCUT2D eigenvalue weighted by Crippen LogP contribution is 2.26. The molecule has 0 saturated heterocycles. The van der Waals surface area contributed by atoms with Gasteiger partial charge in [0.1, 0.15) is 0 Å². The minimum absolute atomic E-state index is 0.491. The number of aliphatic hydroxyl groups is 1. The summed E-state index contributed by atoms with van der Waals surface area (Å²) in [6, 6.07) is 5.55. The fraction of sp³-hybridized carbons (Fsp3) is 0.154. The molecule has 0 radical (unpaired) electrons. The van der Waals surface area contributed by atoms with Gasteiger partial charge in [-0.2, -0.15) is 0 Å². The first-order valence-electron chi connectivity index (χ1n) is 5.67. The van der Waals surface area contributed by atoms with E-state index < -0.39 is 6.10 Å².